The second-order valence-electron chi connectivity index (χ2n) is 4.91. The number of aromatic amines is 1. The van der Waals surface area contributed by atoms with Crippen molar-refractivity contribution in [3.05, 3.63) is 41.3 Å². The highest BCUT2D eigenvalue weighted by atomic mass is 16.5. The molecule has 0 spiro atoms. The lowest BCUT2D eigenvalue weighted by molar-refractivity contribution is 0.0600. The highest BCUT2D eigenvalue weighted by molar-refractivity contribution is 5.93. The lowest BCUT2D eigenvalue weighted by atomic mass is 10.1. The number of aryl methyl sites for hydroxylation is 2. The molecule has 2 aromatic heterocycles. The van der Waals surface area contributed by atoms with Crippen LogP contribution >= 0.6 is 0 Å². The lowest BCUT2D eigenvalue weighted by Crippen LogP contribution is -2.05. The molecule has 0 fully saturated rings. The molecule has 7 heteroatoms. The van der Waals surface area contributed by atoms with Gasteiger partial charge in [-0.2, -0.15) is 5.10 Å². The summed E-state index contributed by atoms with van der Waals surface area (Å²) >= 11 is 0. The number of ether oxygens (including phenoxy) is 1. The van der Waals surface area contributed by atoms with E-state index in [1.54, 1.807) is 6.07 Å². The van der Waals surface area contributed by atoms with Gasteiger partial charge in [-0.3, -0.25) is 5.10 Å². The number of aromatic nitrogens is 4. The average Bonchev–Trinajstić information content (AvgIpc) is 2.91. The van der Waals surface area contributed by atoms with Gasteiger partial charge in [0.2, 0.25) is 0 Å². The highest BCUT2D eigenvalue weighted by Crippen LogP contribution is 2.24. The van der Waals surface area contributed by atoms with Gasteiger partial charge in [0.1, 0.15) is 11.8 Å². The fourth-order valence-electron chi connectivity index (χ4n) is 2.21. The topological polar surface area (TPSA) is 92.8 Å². The smallest absolute Gasteiger partial charge is 0.338 e. The van der Waals surface area contributed by atoms with Crippen LogP contribution in [0.15, 0.2) is 24.5 Å². The summed E-state index contributed by atoms with van der Waals surface area (Å²) in [4.78, 5) is 20.2. The van der Waals surface area contributed by atoms with Gasteiger partial charge < -0.3 is 10.1 Å². The number of nitrogens with zero attached hydrogens (tertiary/aromatic N) is 3. The molecule has 0 atom stereocenters. The normalized spacial score (nSPS) is 10.7. The van der Waals surface area contributed by atoms with E-state index in [0.717, 1.165) is 22.5 Å². The maximum absolute atomic E-state index is 11.8. The molecule has 1 aromatic carbocycles. The summed E-state index contributed by atoms with van der Waals surface area (Å²) in [6.07, 6.45) is 1.47. The van der Waals surface area contributed by atoms with Crippen molar-refractivity contribution in [2.24, 2.45) is 0 Å². The molecule has 2 heterocycles. The number of carbonyl (C=O) groups is 1. The molecule has 0 unspecified atom stereocenters. The first-order valence-electron chi connectivity index (χ1n) is 6.72. The summed E-state index contributed by atoms with van der Waals surface area (Å²) in [7, 11) is 1.36. The van der Waals surface area contributed by atoms with E-state index in [-0.39, 0.29) is 5.97 Å². The minimum Gasteiger partial charge on any atom is -0.465 e. The Balaban J connectivity index is 2.00. The number of benzene rings is 1. The molecule has 0 saturated carbocycles. The highest BCUT2D eigenvalue weighted by Gasteiger charge is 2.12. The zero-order valence-corrected chi connectivity index (χ0v) is 12.5. The van der Waals surface area contributed by atoms with Gasteiger partial charge in [-0.25, -0.2) is 14.8 Å². The second kappa shape index (κ2) is 5.44. The molecule has 0 amide bonds. The number of nitrogens with one attached hydrogen (secondary N) is 2. The van der Waals surface area contributed by atoms with E-state index >= 15 is 0 Å². The quantitative estimate of drug-likeness (QED) is 0.721. The molecule has 3 aromatic rings. The predicted octanol–water partition coefficient (Wildman–Crippen LogP) is 2.50. The number of anilines is 2. The van der Waals surface area contributed by atoms with Crippen molar-refractivity contribution in [2.45, 2.75) is 13.8 Å². The summed E-state index contributed by atoms with van der Waals surface area (Å²) in [5, 5.41) is 10.3. The summed E-state index contributed by atoms with van der Waals surface area (Å²) in [6, 6.07) is 5.45. The van der Waals surface area contributed by atoms with Crippen LogP contribution in [-0.4, -0.2) is 33.2 Å². The van der Waals surface area contributed by atoms with Crippen LogP contribution in [0.25, 0.3) is 11.0 Å². The molecule has 2 N–H and O–H groups in total. The lowest BCUT2D eigenvalue weighted by Gasteiger charge is -2.09. The number of H-pyrrole nitrogens is 1. The molecule has 0 aliphatic carbocycles. The van der Waals surface area contributed by atoms with Gasteiger partial charge in [0.05, 0.1) is 18.4 Å². The Morgan fingerprint density at radius 2 is 2.05 bits per heavy atom. The molecule has 0 saturated heterocycles. The summed E-state index contributed by atoms with van der Waals surface area (Å²) in [5.74, 6) is 0.207. The third kappa shape index (κ3) is 2.37. The summed E-state index contributed by atoms with van der Waals surface area (Å²) < 4.78 is 4.79. The predicted molar refractivity (Wildman–Crippen MR) is 82.2 cm³/mol. The van der Waals surface area contributed by atoms with Crippen molar-refractivity contribution in [1.82, 2.24) is 20.2 Å². The van der Waals surface area contributed by atoms with Gasteiger partial charge in [-0.15, -0.1) is 0 Å². The van der Waals surface area contributed by atoms with Crippen molar-refractivity contribution in [3.63, 3.8) is 0 Å². The van der Waals surface area contributed by atoms with Crippen LogP contribution in [0.5, 0.6) is 0 Å². The van der Waals surface area contributed by atoms with Gasteiger partial charge in [-0.1, -0.05) is 6.07 Å². The van der Waals surface area contributed by atoms with Crippen LogP contribution in [0.2, 0.25) is 0 Å². The Morgan fingerprint density at radius 1 is 1.23 bits per heavy atom. The molecule has 0 aliphatic rings. The third-order valence-electron chi connectivity index (χ3n) is 3.42. The molecule has 112 valence electrons. The zero-order valence-electron chi connectivity index (χ0n) is 12.5. The van der Waals surface area contributed by atoms with E-state index in [4.69, 9.17) is 4.74 Å². The SMILES string of the molecule is COC(=O)c1cc(Nc2ncnc3c(C)[nH]nc23)ccc1C. The fourth-order valence-corrected chi connectivity index (χ4v) is 2.21. The molecule has 0 bridgehead atoms. The van der Waals surface area contributed by atoms with E-state index in [2.05, 4.69) is 25.5 Å². The first-order chi connectivity index (χ1) is 10.6. The third-order valence-corrected chi connectivity index (χ3v) is 3.42. The molecule has 22 heavy (non-hydrogen) atoms. The van der Waals surface area contributed by atoms with Crippen molar-refractivity contribution in [2.75, 3.05) is 12.4 Å². The maximum atomic E-state index is 11.8. The number of methoxy groups -OCH3 is 1. The standard InChI is InChI=1S/C15H15N5O2/c1-8-4-5-10(6-11(8)15(21)22-3)18-14-13-12(16-7-17-14)9(2)19-20-13/h4-7H,1-3H3,(H,19,20)(H,16,17,18). The minimum atomic E-state index is -0.371. The molecule has 0 radical (unpaired) electrons. The van der Waals surface area contributed by atoms with Crippen LogP contribution in [0.4, 0.5) is 11.5 Å². The van der Waals surface area contributed by atoms with Crippen molar-refractivity contribution < 1.29 is 9.53 Å². The Bertz CT molecular complexity index is 856. The average molecular weight is 297 g/mol. The van der Waals surface area contributed by atoms with E-state index in [1.165, 1.54) is 13.4 Å². The number of fused-ring (bicyclic) bond motifs is 1. The first kappa shape index (κ1) is 14.0. The maximum Gasteiger partial charge on any atom is 0.338 e. The van der Waals surface area contributed by atoms with Crippen LogP contribution < -0.4 is 5.32 Å². The van der Waals surface area contributed by atoms with Crippen LogP contribution in [0, 0.1) is 13.8 Å². The van der Waals surface area contributed by atoms with Gasteiger partial charge in [0, 0.05) is 5.69 Å². The van der Waals surface area contributed by atoms with Gasteiger partial charge >= 0.3 is 5.97 Å². The number of esters is 1. The van der Waals surface area contributed by atoms with E-state index in [1.807, 2.05) is 26.0 Å². The molecular weight excluding hydrogens is 282 g/mol. The number of rotatable bonds is 3. The van der Waals surface area contributed by atoms with E-state index < -0.39 is 0 Å². The Labute approximate surface area is 126 Å². The largest absolute Gasteiger partial charge is 0.465 e. The monoisotopic (exact) mass is 297 g/mol. The Hall–Kier alpha value is -2.96. The number of hydrogen-bond acceptors (Lipinski definition) is 6. The van der Waals surface area contributed by atoms with E-state index in [9.17, 15) is 4.79 Å². The van der Waals surface area contributed by atoms with Gasteiger partial charge in [0.25, 0.3) is 0 Å². The van der Waals surface area contributed by atoms with Crippen LogP contribution in [0.3, 0.4) is 0 Å². The second-order valence-corrected chi connectivity index (χ2v) is 4.91. The Kier molecular flexibility index (Phi) is 3.46. The first-order valence-corrected chi connectivity index (χ1v) is 6.72. The summed E-state index contributed by atoms with van der Waals surface area (Å²) in [5.41, 5.74) is 4.38. The molecule has 0 aliphatic heterocycles. The van der Waals surface area contributed by atoms with Gasteiger partial charge in [-0.05, 0) is 31.5 Å². The van der Waals surface area contributed by atoms with Crippen molar-refractivity contribution in [3.8, 4) is 0 Å². The number of hydrogen-bond donors (Lipinski definition) is 2. The van der Waals surface area contributed by atoms with Crippen molar-refractivity contribution in [1.29, 1.82) is 0 Å². The summed E-state index contributed by atoms with van der Waals surface area (Å²) in [6.45, 7) is 3.75. The Morgan fingerprint density at radius 3 is 2.82 bits per heavy atom. The van der Waals surface area contributed by atoms with Crippen LogP contribution in [0.1, 0.15) is 21.6 Å². The van der Waals surface area contributed by atoms with E-state index in [0.29, 0.717) is 16.9 Å². The molecular formula is C15H15N5O2. The zero-order chi connectivity index (χ0) is 15.7. The van der Waals surface area contributed by atoms with Crippen molar-refractivity contribution >= 4 is 28.5 Å². The minimum absolute atomic E-state index is 0.371. The van der Waals surface area contributed by atoms with Gasteiger partial charge in [0.15, 0.2) is 11.3 Å². The number of carbonyl (C=O) groups excluding carboxylic acids is 1. The van der Waals surface area contributed by atoms with Crippen LogP contribution in [-0.2, 0) is 4.74 Å². The fraction of sp³-hybridized carbons (Fsp3) is 0.200. The molecule has 7 nitrogen and oxygen atoms in total. The molecule has 3 rings (SSSR count).